The number of hydrogen-bond donors (Lipinski definition) is 0. The van der Waals surface area contributed by atoms with E-state index in [0.29, 0.717) is 27.4 Å². The molecule has 0 saturated carbocycles. The van der Waals surface area contributed by atoms with Gasteiger partial charge < -0.3 is 4.90 Å². The maximum atomic E-state index is 12.7. The second kappa shape index (κ2) is 6.52. The van der Waals surface area contributed by atoms with Crippen LogP contribution in [0.15, 0.2) is 23.2 Å². The van der Waals surface area contributed by atoms with Crippen LogP contribution in [0.2, 0.25) is 10.0 Å². The number of halogens is 4. The molecular formula is C12H10Cl3FN2OS. The van der Waals surface area contributed by atoms with Crippen molar-refractivity contribution in [3.8, 4) is 0 Å². The molecule has 1 aliphatic rings. The first-order valence-corrected chi connectivity index (χ1v) is 7.75. The van der Waals surface area contributed by atoms with E-state index in [4.69, 9.17) is 34.8 Å². The predicted octanol–water partition coefficient (Wildman–Crippen LogP) is 4.35. The molecule has 0 N–H and O–H groups in total. The number of amidine groups is 1. The average molecular weight is 356 g/mol. The minimum Gasteiger partial charge on any atom is -0.320 e. The van der Waals surface area contributed by atoms with Gasteiger partial charge in [-0.3, -0.25) is 4.79 Å². The van der Waals surface area contributed by atoms with Crippen LogP contribution < -0.4 is 4.90 Å². The Kier molecular flexibility index (Phi) is 5.18. The van der Waals surface area contributed by atoms with Crippen LogP contribution in [0.25, 0.3) is 0 Å². The predicted molar refractivity (Wildman–Crippen MR) is 84.1 cm³/mol. The standard InChI is InChI=1S/C12H10Cl3FN2OS/c1-6-5-18(9-3-7(13)2-8(14)4-9)12(20-6)17-11(19)10(15)16/h2-4,6,10H,5H2,1H3. The van der Waals surface area contributed by atoms with Crippen LogP contribution in [-0.4, -0.2) is 28.5 Å². The van der Waals surface area contributed by atoms with Crippen molar-refractivity contribution < 1.29 is 9.18 Å². The molecule has 20 heavy (non-hydrogen) atoms. The maximum Gasteiger partial charge on any atom is 0.298 e. The topological polar surface area (TPSA) is 32.7 Å². The van der Waals surface area contributed by atoms with Crippen molar-refractivity contribution in [1.82, 2.24) is 0 Å². The fourth-order valence-electron chi connectivity index (χ4n) is 1.76. The summed E-state index contributed by atoms with van der Waals surface area (Å²) in [6.45, 7) is 2.59. The number of aliphatic imine (C=N–C) groups is 1. The molecule has 1 aromatic rings. The molecule has 0 aliphatic carbocycles. The molecule has 2 unspecified atom stereocenters. The fourth-order valence-corrected chi connectivity index (χ4v) is 3.35. The Morgan fingerprint density at radius 3 is 2.60 bits per heavy atom. The highest BCUT2D eigenvalue weighted by Gasteiger charge is 2.29. The number of nitrogens with zero attached hydrogens (tertiary/aromatic N) is 2. The Bertz CT molecular complexity index is 547. The number of hydrogen-bond acceptors (Lipinski definition) is 2. The molecule has 0 aromatic heterocycles. The van der Waals surface area contributed by atoms with Crippen molar-refractivity contribution in [2.45, 2.75) is 17.8 Å². The number of carbonyl (C=O) groups is 1. The number of benzene rings is 1. The van der Waals surface area contributed by atoms with Crippen molar-refractivity contribution in [2.75, 3.05) is 11.4 Å². The van der Waals surface area contributed by atoms with Gasteiger partial charge in [0.2, 0.25) is 0 Å². The molecule has 0 bridgehead atoms. The first-order chi connectivity index (χ1) is 9.36. The quantitative estimate of drug-likeness (QED) is 0.739. The van der Waals surface area contributed by atoms with Crippen LogP contribution in [0.5, 0.6) is 0 Å². The molecule has 2 rings (SSSR count). The molecule has 1 heterocycles. The van der Waals surface area contributed by atoms with Gasteiger partial charge in [-0.05, 0) is 18.2 Å². The number of anilines is 1. The van der Waals surface area contributed by atoms with Gasteiger partial charge in [-0.1, -0.05) is 53.5 Å². The zero-order valence-electron chi connectivity index (χ0n) is 10.3. The van der Waals surface area contributed by atoms with Gasteiger partial charge in [-0.15, -0.1) is 0 Å². The van der Waals surface area contributed by atoms with Gasteiger partial charge >= 0.3 is 0 Å². The molecule has 0 spiro atoms. The highest BCUT2D eigenvalue weighted by atomic mass is 35.5. The number of rotatable bonds is 2. The van der Waals surface area contributed by atoms with E-state index in [-0.39, 0.29) is 5.25 Å². The van der Waals surface area contributed by atoms with Crippen LogP contribution in [0.3, 0.4) is 0 Å². The van der Waals surface area contributed by atoms with E-state index in [9.17, 15) is 9.18 Å². The molecule has 1 aromatic carbocycles. The van der Waals surface area contributed by atoms with Gasteiger partial charge in [0, 0.05) is 27.5 Å². The van der Waals surface area contributed by atoms with Gasteiger partial charge in [0.15, 0.2) is 5.17 Å². The van der Waals surface area contributed by atoms with Crippen LogP contribution in [0.4, 0.5) is 10.1 Å². The van der Waals surface area contributed by atoms with E-state index in [1.54, 1.807) is 23.1 Å². The summed E-state index contributed by atoms with van der Waals surface area (Å²) in [5.41, 5.74) is -1.43. The lowest BCUT2D eigenvalue weighted by atomic mass is 10.3. The van der Waals surface area contributed by atoms with Crippen molar-refractivity contribution in [1.29, 1.82) is 0 Å². The summed E-state index contributed by atoms with van der Waals surface area (Å²) < 4.78 is 12.7. The van der Waals surface area contributed by atoms with E-state index >= 15 is 0 Å². The summed E-state index contributed by atoms with van der Waals surface area (Å²) in [7, 11) is 0. The number of carbonyl (C=O) groups excluding carboxylic acids is 1. The third-order valence-electron chi connectivity index (χ3n) is 2.53. The zero-order valence-corrected chi connectivity index (χ0v) is 13.4. The monoisotopic (exact) mass is 354 g/mol. The SMILES string of the molecule is CC1CN(c2cc(Cl)cc(Cl)c2)C(=NC(=O)C(F)Cl)S1. The van der Waals surface area contributed by atoms with Crippen molar-refractivity contribution in [2.24, 2.45) is 4.99 Å². The molecule has 108 valence electrons. The lowest BCUT2D eigenvalue weighted by molar-refractivity contribution is -0.119. The Morgan fingerprint density at radius 2 is 2.05 bits per heavy atom. The fraction of sp³-hybridized carbons (Fsp3) is 0.333. The Labute approximate surface area is 135 Å². The lowest BCUT2D eigenvalue weighted by Crippen LogP contribution is -2.26. The summed E-state index contributed by atoms with van der Waals surface area (Å²) in [5, 5.41) is 1.55. The molecule has 0 radical (unpaired) electrons. The summed E-state index contributed by atoms with van der Waals surface area (Å²) in [6.07, 6.45) is 0. The summed E-state index contributed by atoms with van der Waals surface area (Å²) >= 11 is 18.4. The lowest BCUT2D eigenvalue weighted by Gasteiger charge is -2.18. The minimum atomic E-state index is -2.14. The van der Waals surface area contributed by atoms with Gasteiger partial charge in [0.05, 0.1) is 0 Å². The number of alkyl halides is 2. The second-order valence-corrected chi connectivity index (χ2v) is 6.86. The van der Waals surface area contributed by atoms with Crippen LogP contribution >= 0.6 is 46.6 Å². The number of thioether (sulfide) groups is 1. The maximum absolute atomic E-state index is 12.7. The van der Waals surface area contributed by atoms with E-state index in [1.807, 2.05) is 6.92 Å². The van der Waals surface area contributed by atoms with E-state index in [2.05, 4.69) is 4.99 Å². The van der Waals surface area contributed by atoms with Crippen molar-refractivity contribution in [3.63, 3.8) is 0 Å². The average Bonchev–Trinajstić information content (AvgIpc) is 2.68. The summed E-state index contributed by atoms with van der Waals surface area (Å²) in [5.74, 6) is -1.01. The number of amides is 1. The Hall–Kier alpha value is -0.490. The van der Waals surface area contributed by atoms with Crippen molar-refractivity contribution in [3.05, 3.63) is 28.2 Å². The molecule has 1 amide bonds. The molecule has 1 fully saturated rings. The van der Waals surface area contributed by atoms with Crippen LogP contribution in [0, 0.1) is 0 Å². The van der Waals surface area contributed by atoms with E-state index in [1.165, 1.54) is 11.8 Å². The zero-order chi connectivity index (χ0) is 14.9. The van der Waals surface area contributed by atoms with Crippen LogP contribution in [0.1, 0.15) is 6.92 Å². The van der Waals surface area contributed by atoms with E-state index in [0.717, 1.165) is 0 Å². The highest BCUT2D eigenvalue weighted by molar-refractivity contribution is 8.15. The molecule has 1 aliphatic heterocycles. The second-order valence-electron chi connectivity index (χ2n) is 4.20. The van der Waals surface area contributed by atoms with Crippen molar-refractivity contribution >= 4 is 63.3 Å². The first-order valence-electron chi connectivity index (χ1n) is 5.68. The smallest absolute Gasteiger partial charge is 0.298 e. The van der Waals surface area contributed by atoms with Gasteiger partial charge in [0.25, 0.3) is 11.5 Å². The summed E-state index contributed by atoms with van der Waals surface area (Å²) in [6, 6.07) is 5.02. The third-order valence-corrected chi connectivity index (χ3v) is 4.23. The van der Waals surface area contributed by atoms with Gasteiger partial charge in [-0.25, -0.2) is 4.39 Å². The summed E-state index contributed by atoms with van der Waals surface area (Å²) in [4.78, 5) is 16.8. The van der Waals surface area contributed by atoms with Crippen LogP contribution in [-0.2, 0) is 4.79 Å². The molecular weight excluding hydrogens is 346 g/mol. The molecule has 3 nitrogen and oxygen atoms in total. The molecule has 8 heteroatoms. The van der Waals surface area contributed by atoms with Gasteiger partial charge in [-0.2, -0.15) is 4.99 Å². The normalized spacial score (nSPS) is 22.4. The highest BCUT2D eigenvalue weighted by Crippen LogP contribution is 2.33. The molecule has 2 atom stereocenters. The first kappa shape index (κ1) is 15.9. The van der Waals surface area contributed by atoms with Gasteiger partial charge in [0.1, 0.15) is 0 Å². The van der Waals surface area contributed by atoms with E-state index < -0.39 is 11.5 Å². The Balaban J connectivity index is 2.35. The largest absolute Gasteiger partial charge is 0.320 e. The molecule has 1 saturated heterocycles. The minimum absolute atomic E-state index is 0.202. The third kappa shape index (κ3) is 3.79. The Morgan fingerprint density at radius 1 is 1.45 bits per heavy atom.